The number of likely N-dealkylation sites (tertiary alicyclic amines) is 1. The van der Waals surface area contributed by atoms with Crippen LogP contribution in [-0.4, -0.2) is 38.5 Å². The fraction of sp³-hybridized carbons (Fsp3) is 0.455. The molecule has 2 aromatic carbocycles. The highest BCUT2D eigenvalue weighted by atomic mass is 35.5. The number of benzene rings is 2. The van der Waals surface area contributed by atoms with Gasteiger partial charge in [-0.15, -0.1) is 0 Å². The van der Waals surface area contributed by atoms with E-state index >= 15 is 0 Å². The van der Waals surface area contributed by atoms with Crippen LogP contribution >= 0.6 is 11.6 Å². The van der Waals surface area contributed by atoms with Crippen molar-refractivity contribution in [3.8, 4) is 11.1 Å². The predicted octanol–water partition coefficient (Wildman–Crippen LogP) is 4.94. The Morgan fingerprint density at radius 3 is 2.07 bits per heavy atom. The van der Waals surface area contributed by atoms with Crippen molar-refractivity contribution in [3.63, 3.8) is 0 Å². The van der Waals surface area contributed by atoms with Gasteiger partial charge in [-0.1, -0.05) is 42.3 Å². The molecule has 4 nitrogen and oxygen atoms in total. The zero-order chi connectivity index (χ0) is 20.1. The van der Waals surface area contributed by atoms with E-state index in [2.05, 4.69) is 23.5 Å². The molecule has 2 atom stereocenters. The molecule has 3 rings (SSSR count). The number of rotatable bonds is 7. The zero-order valence-corrected chi connectivity index (χ0v) is 18.1. The molecule has 0 radical (unpaired) electrons. The zero-order valence-electron chi connectivity index (χ0n) is 16.6. The largest absolute Gasteiger partial charge is 0.298 e. The van der Waals surface area contributed by atoms with Gasteiger partial charge in [0, 0.05) is 23.7 Å². The van der Waals surface area contributed by atoms with Crippen LogP contribution in [0.4, 0.5) is 0 Å². The third-order valence-electron chi connectivity index (χ3n) is 5.60. The number of nitrogens with zero attached hydrogens (tertiary/aromatic N) is 1. The Morgan fingerprint density at radius 2 is 1.50 bits per heavy atom. The highest BCUT2D eigenvalue weighted by molar-refractivity contribution is 7.89. The summed E-state index contributed by atoms with van der Waals surface area (Å²) < 4.78 is 27.9. The lowest BCUT2D eigenvalue weighted by Crippen LogP contribution is -2.44. The molecule has 0 amide bonds. The second-order valence-corrected chi connectivity index (χ2v) is 9.85. The molecule has 6 heteroatoms. The van der Waals surface area contributed by atoms with E-state index in [1.54, 1.807) is 12.1 Å². The Kier molecular flexibility index (Phi) is 7.15. The first-order chi connectivity index (χ1) is 13.4. The van der Waals surface area contributed by atoms with Crippen LogP contribution < -0.4 is 4.72 Å². The van der Waals surface area contributed by atoms with Crippen LogP contribution in [0.2, 0.25) is 5.02 Å². The molecule has 1 heterocycles. The van der Waals surface area contributed by atoms with Gasteiger partial charge >= 0.3 is 0 Å². The van der Waals surface area contributed by atoms with Crippen LogP contribution in [0.5, 0.6) is 0 Å². The average molecular weight is 421 g/mol. The number of hydrogen-bond donors (Lipinski definition) is 1. The van der Waals surface area contributed by atoms with Crippen molar-refractivity contribution in [2.24, 2.45) is 0 Å². The molecule has 2 aromatic rings. The second kappa shape index (κ2) is 9.40. The summed E-state index contributed by atoms with van der Waals surface area (Å²) in [6.07, 6.45) is 4.57. The smallest absolute Gasteiger partial charge is 0.240 e. The van der Waals surface area contributed by atoms with Crippen LogP contribution in [0.3, 0.4) is 0 Å². The van der Waals surface area contributed by atoms with Gasteiger partial charge in [0.05, 0.1) is 4.90 Å². The van der Waals surface area contributed by atoms with E-state index in [0.717, 1.165) is 24.1 Å². The maximum Gasteiger partial charge on any atom is 0.240 e. The van der Waals surface area contributed by atoms with Gasteiger partial charge < -0.3 is 0 Å². The van der Waals surface area contributed by atoms with Gasteiger partial charge in [-0.05, 0) is 75.0 Å². The number of nitrogens with one attached hydrogen (secondary N) is 1. The first kappa shape index (κ1) is 21.3. The van der Waals surface area contributed by atoms with E-state index in [1.165, 1.54) is 19.3 Å². The molecule has 2 unspecified atom stereocenters. The van der Waals surface area contributed by atoms with Crippen LogP contribution in [-0.2, 0) is 10.0 Å². The van der Waals surface area contributed by atoms with Crippen LogP contribution in [0, 0.1) is 0 Å². The maximum atomic E-state index is 12.6. The lowest BCUT2D eigenvalue weighted by molar-refractivity contribution is 0.103. The van der Waals surface area contributed by atoms with Crippen molar-refractivity contribution in [1.82, 2.24) is 9.62 Å². The van der Waals surface area contributed by atoms with E-state index in [-0.39, 0.29) is 0 Å². The third kappa shape index (κ3) is 5.35. The van der Waals surface area contributed by atoms with Crippen LogP contribution in [0.25, 0.3) is 11.1 Å². The highest BCUT2D eigenvalue weighted by Crippen LogP contribution is 2.24. The van der Waals surface area contributed by atoms with Gasteiger partial charge in [0.15, 0.2) is 0 Å². The summed E-state index contributed by atoms with van der Waals surface area (Å²) in [5.74, 6) is 0. The van der Waals surface area contributed by atoms with Gasteiger partial charge in [0.2, 0.25) is 10.0 Å². The number of sulfonamides is 1. The summed E-state index contributed by atoms with van der Waals surface area (Å²) >= 11 is 5.92. The molecule has 0 bridgehead atoms. The quantitative estimate of drug-likeness (QED) is 0.645. The van der Waals surface area contributed by atoms with Crippen molar-refractivity contribution in [3.05, 3.63) is 53.6 Å². The normalized spacial score (nSPS) is 21.0. The number of piperidine rings is 1. The summed E-state index contributed by atoms with van der Waals surface area (Å²) in [7, 11) is -3.49. The van der Waals surface area contributed by atoms with Gasteiger partial charge in [0.25, 0.3) is 0 Å². The van der Waals surface area contributed by atoms with E-state index in [4.69, 9.17) is 11.6 Å². The monoisotopic (exact) mass is 420 g/mol. The summed E-state index contributed by atoms with van der Waals surface area (Å²) in [6, 6.07) is 15.6. The molecule has 28 heavy (non-hydrogen) atoms. The molecule has 1 aliphatic rings. The molecule has 0 saturated carbocycles. The van der Waals surface area contributed by atoms with Crippen molar-refractivity contribution >= 4 is 21.6 Å². The van der Waals surface area contributed by atoms with Gasteiger partial charge in [0.1, 0.15) is 0 Å². The van der Waals surface area contributed by atoms with Gasteiger partial charge in [-0.3, -0.25) is 4.90 Å². The highest BCUT2D eigenvalue weighted by Gasteiger charge is 2.24. The first-order valence-electron chi connectivity index (χ1n) is 9.98. The molecule has 0 spiro atoms. The molecule has 0 aliphatic carbocycles. The average Bonchev–Trinajstić information content (AvgIpc) is 2.68. The SMILES string of the molecule is CC1CCCC(C)N1CCCNS(=O)(=O)c1ccc(-c2ccc(Cl)cc2)cc1. The molecule has 1 N–H and O–H groups in total. The Bertz CT molecular complexity index is 856. The fourth-order valence-corrected chi connectivity index (χ4v) is 5.14. The van der Waals surface area contributed by atoms with Gasteiger partial charge in [-0.2, -0.15) is 0 Å². The fourth-order valence-electron chi connectivity index (χ4n) is 3.94. The minimum Gasteiger partial charge on any atom is -0.298 e. The molecule has 1 aliphatic heterocycles. The Hall–Kier alpha value is -1.40. The Balaban J connectivity index is 1.55. The number of hydrogen-bond acceptors (Lipinski definition) is 3. The van der Waals surface area contributed by atoms with Gasteiger partial charge in [-0.25, -0.2) is 13.1 Å². The van der Waals surface area contributed by atoms with Crippen LogP contribution in [0.1, 0.15) is 39.5 Å². The summed E-state index contributed by atoms with van der Waals surface area (Å²) in [6.45, 7) is 5.92. The molecular weight excluding hydrogens is 392 g/mol. The van der Waals surface area contributed by atoms with E-state index in [0.29, 0.717) is 28.5 Å². The van der Waals surface area contributed by atoms with Crippen molar-refractivity contribution in [2.45, 2.75) is 56.5 Å². The van der Waals surface area contributed by atoms with E-state index in [9.17, 15) is 8.42 Å². The Morgan fingerprint density at radius 1 is 0.964 bits per heavy atom. The standard InChI is InChI=1S/C22H29ClN2O2S/c1-17-5-3-6-18(2)25(17)16-4-15-24-28(26,27)22-13-9-20(10-14-22)19-7-11-21(23)12-8-19/h7-14,17-18,24H,3-6,15-16H2,1-2H3. The molecule has 0 aromatic heterocycles. The van der Waals surface area contributed by atoms with Crippen molar-refractivity contribution in [1.29, 1.82) is 0 Å². The predicted molar refractivity (Wildman–Crippen MR) is 116 cm³/mol. The lowest BCUT2D eigenvalue weighted by atomic mass is 9.97. The van der Waals surface area contributed by atoms with Crippen LogP contribution in [0.15, 0.2) is 53.4 Å². The lowest BCUT2D eigenvalue weighted by Gasteiger charge is -2.39. The topological polar surface area (TPSA) is 49.4 Å². The minimum atomic E-state index is -3.49. The maximum absolute atomic E-state index is 12.6. The van der Waals surface area contributed by atoms with Crippen molar-refractivity contribution < 1.29 is 8.42 Å². The number of halogens is 1. The molecular formula is C22H29ClN2O2S. The third-order valence-corrected chi connectivity index (χ3v) is 7.33. The van der Waals surface area contributed by atoms with E-state index in [1.807, 2.05) is 36.4 Å². The Labute approximate surface area is 174 Å². The summed E-state index contributed by atoms with van der Waals surface area (Å²) in [4.78, 5) is 2.79. The second-order valence-electron chi connectivity index (χ2n) is 7.65. The summed E-state index contributed by atoms with van der Waals surface area (Å²) in [5.41, 5.74) is 1.97. The molecule has 152 valence electrons. The van der Waals surface area contributed by atoms with E-state index < -0.39 is 10.0 Å². The molecule has 1 fully saturated rings. The molecule has 1 saturated heterocycles. The van der Waals surface area contributed by atoms with Crippen molar-refractivity contribution in [2.75, 3.05) is 13.1 Å². The minimum absolute atomic E-state index is 0.296. The first-order valence-corrected chi connectivity index (χ1v) is 11.8. The summed E-state index contributed by atoms with van der Waals surface area (Å²) in [5, 5.41) is 0.681.